The summed E-state index contributed by atoms with van der Waals surface area (Å²) in [6.07, 6.45) is 0.991. The minimum atomic E-state index is 0.0952. The Hall–Kier alpha value is -1.02. The van der Waals surface area contributed by atoms with Crippen molar-refractivity contribution in [2.75, 3.05) is 18.5 Å². The van der Waals surface area contributed by atoms with E-state index < -0.39 is 0 Å². The number of anilines is 1. The highest BCUT2D eigenvalue weighted by Crippen LogP contribution is 2.28. The standard InChI is InChI=1S/C16H28N2/c1-15(2,3)13-7-9-14(10-8-13)18(6)16(4,5)11-12-17/h7-10H,11-12,17H2,1-6H3. The topological polar surface area (TPSA) is 29.3 Å². The smallest absolute Gasteiger partial charge is 0.0368 e. The molecular weight excluding hydrogens is 220 g/mol. The van der Waals surface area contributed by atoms with Crippen molar-refractivity contribution in [3.8, 4) is 0 Å². The minimum absolute atomic E-state index is 0.0952. The van der Waals surface area contributed by atoms with Gasteiger partial charge in [-0.25, -0.2) is 0 Å². The molecular formula is C16H28N2. The third-order valence-electron chi connectivity index (χ3n) is 3.78. The van der Waals surface area contributed by atoms with Gasteiger partial charge < -0.3 is 10.6 Å². The van der Waals surface area contributed by atoms with E-state index in [2.05, 4.69) is 70.8 Å². The van der Waals surface area contributed by atoms with Crippen LogP contribution in [0.2, 0.25) is 0 Å². The molecule has 0 bridgehead atoms. The average molecular weight is 248 g/mol. The van der Waals surface area contributed by atoms with Crippen molar-refractivity contribution in [3.05, 3.63) is 29.8 Å². The second-order valence-electron chi connectivity index (χ2n) is 6.71. The highest BCUT2D eigenvalue weighted by Gasteiger charge is 2.23. The van der Waals surface area contributed by atoms with Crippen LogP contribution < -0.4 is 10.6 Å². The monoisotopic (exact) mass is 248 g/mol. The number of hydrogen-bond acceptors (Lipinski definition) is 2. The van der Waals surface area contributed by atoms with Gasteiger partial charge in [-0.05, 0) is 49.9 Å². The summed E-state index contributed by atoms with van der Waals surface area (Å²) in [4.78, 5) is 2.31. The summed E-state index contributed by atoms with van der Waals surface area (Å²) in [7, 11) is 2.14. The lowest BCUT2D eigenvalue weighted by molar-refractivity contribution is 0.456. The van der Waals surface area contributed by atoms with Gasteiger partial charge in [0.1, 0.15) is 0 Å². The van der Waals surface area contributed by atoms with Crippen molar-refractivity contribution in [2.24, 2.45) is 5.73 Å². The Bertz CT molecular complexity index is 371. The van der Waals surface area contributed by atoms with Crippen molar-refractivity contribution in [1.29, 1.82) is 0 Å². The molecule has 0 unspecified atom stereocenters. The van der Waals surface area contributed by atoms with Gasteiger partial charge in [-0.3, -0.25) is 0 Å². The lowest BCUT2D eigenvalue weighted by atomic mass is 9.87. The number of nitrogens with two attached hydrogens (primary N) is 1. The summed E-state index contributed by atoms with van der Waals surface area (Å²) in [6, 6.07) is 8.87. The first-order valence-corrected chi connectivity index (χ1v) is 6.73. The van der Waals surface area contributed by atoms with Crippen molar-refractivity contribution in [3.63, 3.8) is 0 Å². The van der Waals surface area contributed by atoms with Crippen LogP contribution in [0.3, 0.4) is 0 Å². The summed E-state index contributed by atoms with van der Waals surface area (Å²) >= 11 is 0. The van der Waals surface area contributed by atoms with E-state index in [1.807, 2.05) is 0 Å². The van der Waals surface area contributed by atoms with Crippen molar-refractivity contribution < 1.29 is 0 Å². The van der Waals surface area contributed by atoms with Crippen LogP contribution in [-0.4, -0.2) is 19.1 Å². The van der Waals surface area contributed by atoms with Crippen molar-refractivity contribution in [2.45, 2.75) is 52.0 Å². The van der Waals surface area contributed by atoms with E-state index in [0.717, 1.165) is 13.0 Å². The summed E-state index contributed by atoms with van der Waals surface area (Å²) in [6.45, 7) is 11.9. The van der Waals surface area contributed by atoms with Gasteiger partial charge in [0.2, 0.25) is 0 Å². The van der Waals surface area contributed by atoms with Crippen molar-refractivity contribution in [1.82, 2.24) is 0 Å². The van der Waals surface area contributed by atoms with E-state index in [1.54, 1.807) is 0 Å². The van der Waals surface area contributed by atoms with Crippen LogP contribution in [0.15, 0.2) is 24.3 Å². The Morgan fingerprint density at radius 1 is 1.00 bits per heavy atom. The molecule has 0 heterocycles. The molecule has 0 saturated carbocycles. The van der Waals surface area contributed by atoms with Gasteiger partial charge in [-0.1, -0.05) is 32.9 Å². The Morgan fingerprint density at radius 2 is 1.50 bits per heavy atom. The van der Waals surface area contributed by atoms with Gasteiger partial charge in [-0.15, -0.1) is 0 Å². The fourth-order valence-electron chi connectivity index (χ4n) is 2.06. The average Bonchev–Trinajstić information content (AvgIpc) is 2.27. The molecule has 1 aromatic carbocycles. The molecule has 0 aliphatic rings. The summed E-state index contributed by atoms with van der Waals surface area (Å²) in [5.41, 5.74) is 8.62. The van der Waals surface area contributed by atoms with Gasteiger partial charge in [0.15, 0.2) is 0 Å². The molecule has 18 heavy (non-hydrogen) atoms. The van der Waals surface area contributed by atoms with E-state index in [1.165, 1.54) is 11.3 Å². The van der Waals surface area contributed by atoms with E-state index in [-0.39, 0.29) is 11.0 Å². The van der Waals surface area contributed by atoms with E-state index >= 15 is 0 Å². The second kappa shape index (κ2) is 5.31. The predicted octanol–water partition coefficient (Wildman–Crippen LogP) is 3.55. The number of hydrogen-bond donors (Lipinski definition) is 1. The third-order valence-corrected chi connectivity index (χ3v) is 3.78. The molecule has 0 spiro atoms. The number of nitrogens with zero attached hydrogens (tertiary/aromatic N) is 1. The normalized spacial score (nSPS) is 12.6. The van der Waals surface area contributed by atoms with Crippen LogP contribution in [0.1, 0.15) is 46.6 Å². The van der Waals surface area contributed by atoms with Gasteiger partial charge >= 0.3 is 0 Å². The fourth-order valence-corrected chi connectivity index (χ4v) is 2.06. The highest BCUT2D eigenvalue weighted by atomic mass is 15.2. The van der Waals surface area contributed by atoms with E-state index in [9.17, 15) is 0 Å². The summed E-state index contributed by atoms with van der Waals surface area (Å²) in [5, 5.41) is 0. The molecule has 0 aromatic heterocycles. The lowest BCUT2D eigenvalue weighted by Crippen LogP contribution is -2.42. The molecule has 0 aliphatic carbocycles. The van der Waals surface area contributed by atoms with Crippen LogP contribution in [-0.2, 0) is 5.41 Å². The van der Waals surface area contributed by atoms with Gasteiger partial charge in [-0.2, -0.15) is 0 Å². The van der Waals surface area contributed by atoms with Crippen LogP contribution in [0.25, 0.3) is 0 Å². The maximum Gasteiger partial charge on any atom is 0.0368 e. The van der Waals surface area contributed by atoms with Gasteiger partial charge in [0.25, 0.3) is 0 Å². The molecule has 102 valence electrons. The Balaban J connectivity index is 2.92. The number of rotatable bonds is 4. The molecule has 0 fully saturated rings. The van der Waals surface area contributed by atoms with Crippen LogP contribution in [0.5, 0.6) is 0 Å². The zero-order valence-corrected chi connectivity index (χ0v) is 12.7. The molecule has 2 nitrogen and oxygen atoms in total. The predicted molar refractivity (Wildman–Crippen MR) is 81.3 cm³/mol. The maximum atomic E-state index is 5.69. The highest BCUT2D eigenvalue weighted by molar-refractivity contribution is 5.49. The largest absolute Gasteiger partial charge is 0.369 e. The van der Waals surface area contributed by atoms with E-state index in [0.29, 0.717) is 0 Å². The number of benzene rings is 1. The molecule has 1 rings (SSSR count). The molecule has 0 radical (unpaired) electrons. The lowest BCUT2D eigenvalue weighted by Gasteiger charge is -2.37. The first-order valence-electron chi connectivity index (χ1n) is 6.73. The van der Waals surface area contributed by atoms with Crippen molar-refractivity contribution >= 4 is 5.69 Å². The fraction of sp³-hybridized carbons (Fsp3) is 0.625. The summed E-state index contributed by atoms with van der Waals surface area (Å²) < 4.78 is 0. The Labute approximate surface area is 112 Å². The minimum Gasteiger partial charge on any atom is -0.369 e. The molecule has 0 atom stereocenters. The molecule has 2 N–H and O–H groups in total. The molecule has 1 aromatic rings. The first kappa shape index (κ1) is 15.0. The summed E-state index contributed by atoms with van der Waals surface area (Å²) in [5.74, 6) is 0. The second-order valence-corrected chi connectivity index (χ2v) is 6.71. The van der Waals surface area contributed by atoms with Crippen LogP contribution in [0, 0.1) is 0 Å². The maximum absolute atomic E-state index is 5.69. The SMILES string of the molecule is CN(c1ccc(C(C)(C)C)cc1)C(C)(C)CCN. The van der Waals surface area contributed by atoms with Crippen LogP contribution >= 0.6 is 0 Å². The molecule has 0 aliphatic heterocycles. The third kappa shape index (κ3) is 3.49. The van der Waals surface area contributed by atoms with Gasteiger partial charge in [0, 0.05) is 18.3 Å². The Kier molecular flexibility index (Phi) is 4.44. The molecule has 2 heteroatoms. The van der Waals surface area contributed by atoms with E-state index in [4.69, 9.17) is 5.73 Å². The van der Waals surface area contributed by atoms with Gasteiger partial charge in [0.05, 0.1) is 0 Å². The zero-order chi connectivity index (χ0) is 14.0. The quantitative estimate of drug-likeness (QED) is 0.883. The first-order chi connectivity index (χ1) is 8.18. The van der Waals surface area contributed by atoms with Crippen LogP contribution in [0.4, 0.5) is 5.69 Å². The Morgan fingerprint density at radius 3 is 1.89 bits per heavy atom. The molecule has 0 amide bonds. The molecule has 0 saturated heterocycles. The zero-order valence-electron chi connectivity index (χ0n) is 12.7.